The first-order valence-electron chi connectivity index (χ1n) is 5.60. The van der Waals surface area contributed by atoms with Gasteiger partial charge in [-0.05, 0) is 30.2 Å². The molecule has 0 unspecified atom stereocenters. The fraction of sp³-hybridized carbons (Fsp3) is 0.143. The zero-order valence-corrected chi connectivity index (χ0v) is 10.1. The van der Waals surface area contributed by atoms with Crippen molar-refractivity contribution in [1.29, 1.82) is 0 Å². The molecule has 94 valence electrons. The first-order valence-corrected chi connectivity index (χ1v) is 5.60. The van der Waals surface area contributed by atoms with Crippen molar-refractivity contribution in [3.8, 4) is 0 Å². The molecule has 18 heavy (non-hydrogen) atoms. The van der Waals surface area contributed by atoms with Crippen molar-refractivity contribution in [2.45, 2.75) is 6.42 Å². The van der Waals surface area contributed by atoms with Gasteiger partial charge in [-0.3, -0.25) is 9.59 Å². The minimum absolute atomic E-state index is 0.157. The maximum absolute atomic E-state index is 11.4. The van der Waals surface area contributed by atoms with E-state index in [-0.39, 0.29) is 5.91 Å². The highest BCUT2D eigenvalue weighted by molar-refractivity contribution is 5.94. The van der Waals surface area contributed by atoms with Crippen LogP contribution in [0.1, 0.15) is 22.3 Å². The van der Waals surface area contributed by atoms with Crippen molar-refractivity contribution in [3.05, 3.63) is 54.1 Å². The Bertz CT molecular complexity index is 461. The number of nitrogens with one attached hydrogen (secondary N) is 1. The molecule has 1 aromatic carbocycles. The van der Waals surface area contributed by atoms with E-state index >= 15 is 0 Å². The first-order chi connectivity index (χ1) is 8.63. The summed E-state index contributed by atoms with van der Waals surface area (Å²) in [6.45, 7) is 4.14. The summed E-state index contributed by atoms with van der Waals surface area (Å²) in [5, 5.41) is 2.71. The van der Waals surface area contributed by atoms with E-state index in [1.54, 1.807) is 36.4 Å². The number of carbonyl (C=O) groups excluding carboxylic acids is 2. The van der Waals surface area contributed by atoms with Crippen LogP contribution in [-0.4, -0.2) is 18.4 Å². The average molecular weight is 244 g/mol. The lowest BCUT2D eigenvalue weighted by molar-refractivity contribution is -0.116. The summed E-state index contributed by atoms with van der Waals surface area (Å²) in [5.41, 5.74) is 6.40. The number of primary amides is 1. The van der Waals surface area contributed by atoms with Crippen LogP contribution in [0.15, 0.2) is 43.0 Å². The van der Waals surface area contributed by atoms with E-state index in [1.165, 1.54) is 6.08 Å². The number of nitrogens with two attached hydrogens (primary N) is 1. The fourth-order valence-electron chi connectivity index (χ4n) is 1.29. The molecular formula is C14H16N2O2. The van der Waals surface area contributed by atoms with Gasteiger partial charge in [0.1, 0.15) is 0 Å². The Labute approximate surface area is 106 Å². The quantitative estimate of drug-likeness (QED) is 0.452. The second-order valence-corrected chi connectivity index (χ2v) is 3.69. The third-order valence-electron chi connectivity index (χ3n) is 2.27. The molecule has 0 fully saturated rings. The normalized spacial score (nSPS) is 10.2. The molecule has 0 aromatic heterocycles. The molecule has 1 aromatic rings. The summed E-state index contributed by atoms with van der Waals surface area (Å²) in [6, 6.07) is 6.70. The standard InChI is InChI=1S/C14H16N2O2/c1-2-3-10-16-13(17)9-6-11-4-7-12(8-5-11)14(15)18/h2,4-9H,1,3,10H2,(H2,15,18)(H,16,17)/b9-6+. The van der Waals surface area contributed by atoms with E-state index < -0.39 is 5.91 Å². The van der Waals surface area contributed by atoms with Crippen LogP contribution >= 0.6 is 0 Å². The largest absolute Gasteiger partial charge is 0.366 e. The highest BCUT2D eigenvalue weighted by Gasteiger charge is 1.98. The monoisotopic (exact) mass is 244 g/mol. The molecular weight excluding hydrogens is 228 g/mol. The van der Waals surface area contributed by atoms with Gasteiger partial charge < -0.3 is 11.1 Å². The summed E-state index contributed by atoms with van der Waals surface area (Å²) in [4.78, 5) is 22.2. The molecule has 0 heterocycles. The highest BCUT2D eigenvalue weighted by Crippen LogP contribution is 2.05. The van der Waals surface area contributed by atoms with Crippen molar-refractivity contribution in [2.75, 3.05) is 6.54 Å². The SMILES string of the molecule is C=CCCNC(=O)/C=C/c1ccc(C(N)=O)cc1. The van der Waals surface area contributed by atoms with Gasteiger partial charge in [-0.15, -0.1) is 6.58 Å². The first kappa shape index (κ1) is 13.7. The molecule has 0 saturated heterocycles. The Morgan fingerprint density at radius 3 is 2.50 bits per heavy atom. The van der Waals surface area contributed by atoms with E-state index in [2.05, 4.69) is 11.9 Å². The summed E-state index contributed by atoms with van der Waals surface area (Å²) in [5.74, 6) is -0.622. The molecule has 0 aliphatic carbocycles. The molecule has 3 N–H and O–H groups in total. The molecule has 0 aliphatic rings. The highest BCUT2D eigenvalue weighted by atomic mass is 16.1. The van der Waals surface area contributed by atoms with Gasteiger partial charge >= 0.3 is 0 Å². The van der Waals surface area contributed by atoms with E-state index in [0.717, 1.165) is 12.0 Å². The van der Waals surface area contributed by atoms with Crippen LogP contribution in [0.4, 0.5) is 0 Å². The van der Waals surface area contributed by atoms with Crippen LogP contribution in [-0.2, 0) is 4.79 Å². The zero-order chi connectivity index (χ0) is 13.4. The van der Waals surface area contributed by atoms with Crippen molar-refractivity contribution in [2.24, 2.45) is 5.73 Å². The summed E-state index contributed by atoms with van der Waals surface area (Å²) < 4.78 is 0. The predicted octanol–water partition coefficient (Wildman–Crippen LogP) is 1.49. The van der Waals surface area contributed by atoms with E-state index in [1.807, 2.05) is 0 Å². The molecule has 0 atom stereocenters. The molecule has 4 heteroatoms. The van der Waals surface area contributed by atoms with Gasteiger partial charge in [0, 0.05) is 18.2 Å². The molecule has 0 radical (unpaired) electrons. The van der Waals surface area contributed by atoms with Crippen LogP contribution in [0.3, 0.4) is 0 Å². The maximum atomic E-state index is 11.4. The Morgan fingerprint density at radius 1 is 1.28 bits per heavy atom. The third kappa shape index (κ3) is 4.65. The number of hydrogen-bond donors (Lipinski definition) is 2. The van der Waals surface area contributed by atoms with Gasteiger partial charge in [0.05, 0.1) is 0 Å². The van der Waals surface area contributed by atoms with Gasteiger partial charge in [0.15, 0.2) is 0 Å². The Kier molecular flexibility index (Phi) is 5.38. The summed E-state index contributed by atoms with van der Waals surface area (Å²) in [7, 11) is 0. The van der Waals surface area contributed by atoms with Gasteiger partial charge in [-0.2, -0.15) is 0 Å². The van der Waals surface area contributed by atoms with Crippen molar-refractivity contribution < 1.29 is 9.59 Å². The zero-order valence-electron chi connectivity index (χ0n) is 10.1. The van der Waals surface area contributed by atoms with Gasteiger partial charge in [0.25, 0.3) is 0 Å². The fourth-order valence-corrected chi connectivity index (χ4v) is 1.29. The Morgan fingerprint density at radius 2 is 1.94 bits per heavy atom. The van der Waals surface area contributed by atoms with Crippen LogP contribution < -0.4 is 11.1 Å². The van der Waals surface area contributed by atoms with Gasteiger partial charge in [-0.1, -0.05) is 18.2 Å². The molecule has 4 nitrogen and oxygen atoms in total. The lowest BCUT2D eigenvalue weighted by atomic mass is 10.1. The van der Waals surface area contributed by atoms with Gasteiger partial charge in [-0.25, -0.2) is 0 Å². The number of carbonyl (C=O) groups is 2. The minimum Gasteiger partial charge on any atom is -0.366 e. The Balaban J connectivity index is 2.53. The summed E-state index contributed by atoms with van der Waals surface area (Å²) in [6.07, 6.45) is 5.61. The van der Waals surface area contributed by atoms with E-state index in [9.17, 15) is 9.59 Å². The van der Waals surface area contributed by atoms with Crippen molar-refractivity contribution >= 4 is 17.9 Å². The number of amides is 2. The lowest BCUT2D eigenvalue weighted by Crippen LogP contribution is -2.21. The second kappa shape index (κ2) is 7.06. The number of rotatable bonds is 6. The van der Waals surface area contributed by atoms with Crippen molar-refractivity contribution in [1.82, 2.24) is 5.32 Å². The molecule has 0 spiro atoms. The summed E-state index contributed by atoms with van der Waals surface area (Å²) >= 11 is 0. The van der Waals surface area contributed by atoms with Crippen LogP contribution in [0, 0.1) is 0 Å². The van der Waals surface area contributed by atoms with Crippen LogP contribution in [0.2, 0.25) is 0 Å². The molecule has 0 bridgehead atoms. The van der Waals surface area contributed by atoms with E-state index in [0.29, 0.717) is 12.1 Å². The van der Waals surface area contributed by atoms with Crippen molar-refractivity contribution in [3.63, 3.8) is 0 Å². The maximum Gasteiger partial charge on any atom is 0.248 e. The lowest BCUT2D eigenvalue weighted by Gasteiger charge is -1.99. The second-order valence-electron chi connectivity index (χ2n) is 3.69. The third-order valence-corrected chi connectivity index (χ3v) is 2.27. The van der Waals surface area contributed by atoms with E-state index in [4.69, 9.17) is 5.73 Å². The molecule has 2 amide bonds. The molecule has 0 aliphatic heterocycles. The number of benzene rings is 1. The van der Waals surface area contributed by atoms with Crippen LogP contribution in [0.25, 0.3) is 6.08 Å². The molecule has 0 saturated carbocycles. The molecule has 1 rings (SSSR count). The smallest absolute Gasteiger partial charge is 0.248 e. The number of hydrogen-bond acceptors (Lipinski definition) is 2. The topological polar surface area (TPSA) is 72.2 Å². The Hall–Kier alpha value is -2.36. The average Bonchev–Trinajstić information content (AvgIpc) is 2.37. The van der Waals surface area contributed by atoms with Crippen LogP contribution in [0.5, 0.6) is 0 Å². The predicted molar refractivity (Wildman–Crippen MR) is 71.8 cm³/mol. The van der Waals surface area contributed by atoms with Gasteiger partial charge in [0.2, 0.25) is 11.8 Å². The minimum atomic E-state index is -0.465.